The lowest BCUT2D eigenvalue weighted by Crippen LogP contribution is -2.43. The van der Waals surface area contributed by atoms with Crippen LogP contribution in [-0.2, 0) is 33.3 Å². The number of nitrogens with one attached hydrogen (secondary N) is 1. The van der Waals surface area contributed by atoms with E-state index in [0.29, 0.717) is 16.2 Å². The molecule has 1 rings (SSSR count). The molecule has 1 atom stereocenters. The molecule has 0 aliphatic heterocycles. The topological polar surface area (TPSA) is 117 Å². The highest BCUT2D eigenvalue weighted by Gasteiger charge is 2.43. The van der Waals surface area contributed by atoms with Crippen LogP contribution in [-0.4, -0.2) is 62.2 Å². The van der Waals surface area contributed by atoms with Gasteiger partial charge in [-0.25, -0.2) is 9.59 Å². The molecule has 0 aliphatic rings. The lowest BCUT2D eigenvalue weighted by molar-refractivity contribution is -0.150. The maximum atomic E-state index is 12.3. The van der Waals surface area contributed by atoms with E-state index in [4.69, 9.17) is 18.9 Å². The lowest BCUT2D eigenvalue weighted by Gasteiger charge is -2.33. The normalized spacial score (nSPS) is 13.1. The number of methoxy groups -OCH3 is 2. The van der Waals surface area contributed by atoms with Crippen LogP contribution >= 0.6 is 23.1 Å². The van der Waals surface area contributed by atoms with Crippen LogP contribution in [0, 0.1) is 0 Å². The molecule has 1 unspecified atom stereocenters. The first-order valence-corrected chi connectivity index (χ1v) is 11.7. The monoisotopic (exact) mass is 489 g/mol. The van der Waals surface area contributed by atoms with Crippen LogP contribution in [0.5, 0.6) is 0 Å². The molecule has 32 heavy (non-hydrogen) atoms. The Hall–Kier alpha value is -2.27. The zero-order valence-electron chi connectivity index (χ0n) is 19.4. The van der Waals surface area contributed by atoms with E-state index >= 15 is 0 Å². The maximum Gasteiger partial charge on any atom is 0.407 e. The molecule has 11 heteroatoms. The first kappa shape index (κ1) is 27.8. The van der Waals surface area contributed by atoms with Gasteiger partial charge in [0.2, 0.25) is 5.25 Å². The number of hydrogen-bond acceptors (Lipinski definition) is 10. The summed E-state index contributed by atoms with van der Waals surface area (Å²) in [6, 6.07) is 3.33. The summed E-state index contributed by atoms with van der Waals surface area (Å²) in [6.45, 7) is 9.03. The van der Waals surface area contributed by atoms with Crippen LogP contribution in [0.15, 0.2) is 12.1 Å². The van der Waals surface area contributed by atoms with E-state index in [1.54, 1.807) is 39.8 Å². The minimum Gasteiger partial charge on any atom is -0.468 e. The SMILES string of the molecule is CCOC(=O)c1ccc(C(CC)(CNC(=O)OC(C)(C)C)SC(C(=O)OC)C(=O)OC)s1. The van der Waals surface area contributed by atoms with Gasteiger partial charge in [-0.05, 0) is 46.2 Å². The van der Waals surface area contributed by atoms with Crippen molar-refractivity contribution in [3.8, 4) is 0 Å². The molecular formula is C21H31NO8S2. The number of carbonyl (C=O) groups excluding carboxylic acids is 4. The number of ether oxygens (including phenoxy) is 4. The Morgan fingerprint density at radius 1 is 1.06 bits per heavy atom. The molecule has 9 nitrogen and oxygen atoms in total. The van der Waals surface area contributed by atoms with E-state index in [9.17, 15) is 19.2 Å². The molecule has 0 saturated heterocycles. The van der Waals surface area contributed by atoms with E-state index in [1.807, 2.05) is 6.92 Å². The Kier molecular flexibility index (Phi) is 10.5. The number of thiophene rings is 1. The predicted molar refractivity (Wildman–Crippen MR) is 122 cm³/mol. The van der Waals surface area contributed by atoms with Crippen LogP contribution in [0.25, 0.3) is 0 Å². The smallest absolute Gasteiger partial charge is 0.407 e. The van der Waals surface area contributed by atoms with Crippen LogP contribution in [0.3, 0.4) is 0 Å². The van der Waals surface area contributed by atoms with Gasteiger partial charge in [0, 0.05) is 11.4 Å². The van der Waals surface area contributed by atoms with Crippen molar-refractivity contribution < 1.29 is 38.1 Å². The summed E-state index contributed by atoms with van der Waals surface area (Å²) in [5.41, 5.74) is -0.702. The van der Waals surface area contributed by atoms with Gasteiger partial charge in [-0.2, -0.15) is 0 Å². The number of alkyl carbamates (subject to hydrolysis) is 1. The largest absolute Gasteiger partial charge is 0.468 e. The molecule has 1 N–H and O–H groups in total. The Balaban J connectivity index is 3.36. The fourth-order valence-electron chi connectivity index (χ4n) is 2.63. The second-order valence-corrected chi connectivity index (χ2v) is 10.2. The van der Waals surface area contributed by atoms with Gasteiger partial charge in [0.25, 0.3) is 0 Å². The van der Waals surface area contributed by atoms with Crippen molar-refractivity contribution in [2.45, 2.75) is 56.6 Å². The van der Waals surface area contributed by atoms with Crippen molar-refractivity contribution in [2.75, 3.05) is 27.4 Å². The fourth-order valence-corrected chi connectivity index (χ4v) is 5.29. The summed E-state index contributed by atoms with van der Waals surface area (Å²) in [6.07, 6.45) is -0.244. The fraction of sp³-hybridized carbons (Fsp3) is 0.619. The molecule has 1 aromatic rings. The van der Waals surface area contributed by atoms with E-state index in [-0.39, 0.29) is 13.2 Å². The number of thioether (sulfide) groups is 1. The van der Waals surface area contributed by atoms with Crippen LogP contribution in [0.2, 0.25) is 0 Å². The zero-order chi connectivity index (χ0) is 24.5. The second kappa shape index (κ2) is 12.1. The number of amides is 1. The molecule has 0 aliphatic carbocycles. The first-order valence-electron chi connectivity index (χ1n) is 10.0. The number of esters is 3. The molecule has 0 spiro atoms. The Bertz CT molecular complexity index is 801. The summed E-state index contributed by atoms with van der Waals surface area (Å²) >= 11 is 2.16. The highest BCUT2D eigenvalue weighted by molar-refractivity contribution is 8.02. The summed E-state index contributed by atoms with van der Waals surface area (Å²) in [4.78, 5) is 50.2. The van der Waals surface area contributed by atoms with E-state index in [0.717, 1.165) is 11.8 Å². The summed E-state index contributed by atoms with van der Waals surface area (Å²) in [7, 11) is 2.35. The summed E-state index contributed by atoms with van der Waals surface area (Å²) < 4.78 is 19.0. The predicted octanol–water partition coefficient (Wildman–Crippen LogP) is 3.50. The Labute approximate surface area is 196 Å². The van der Waals surface area contributed by atoms with E-state index < -0.39 is 39.6 Å². The zero-order valence-corrected chi connectivity index (χ0v) is 21.1. The highest BCUT2D eigenvalue weighted by atomic mass is 32.2. The molecule has 1 aromatic heterocycles. The van der Waals surface area contributed by atoms with Crippen molar-refractivity contribution in [2.24, 2.45) is 0 Å². The average Bonchev–Trinajstić information content (AvgIpc) is 3.23. The van der Waals surface area contributed by atoms with Gasteiger partial charge in [-0.1, -0.05) is 6.92 Å². The molecule has 0 saturated carbocycles. The van der Waals surface area contributed by atoms with Crippen molar-refractivity contribution in [1.82, 2.24) is 5.32 Å². The molecule has 0 bridgehead atoms. The van der Waals surface area contributed by atoms with Crippen molar-refractivity contribution >= 4 is 47.1 Å². The van der Waals surface area contributed by atoms with Gasteiger partial charge in [0.1, 0.15) is 10.5 Å². The van der Waals surface area contributed by atoms with Crippen LogP contribution < -0.4 is 5.32 Å². The quantitative estimate of drug-likeness (QED) is 0.299. The number of rotatable bonds is 10. The van der Waals surface area contributed by atoms with Gasteiger partial charge in [-0.3, -0.25) is 9.59 Å². The molecule has 180 valence electrons. The van der Waals surface area contributed by atoms with E-state index in [1.165, 1.54) is 25.6 Å². The van der Waals surface area contributed by atoms with E-state index in [2.05, 4.69) is 5.32 Å². The van der Waals surface area contributed by atoms with Gasteiger partial charge in [-0.15, -0.1) is 23.1 Å². The third kappa shape index (κ3) is 7.70. The third-order valence-corrected chi connectivity index (χ3v) is 7.32. The molecule has 0 aromatic carbocycles. The second-order valence-electron chi connectivity index (χ2n) is 7.63. The Morgan fingerprint density at radius 3 is 2.12 bits per heavy atom. The molecule has 0 radical (unpaired) electrons. The van der Waals surface area contributed by atoms with Crippen LogP contribution in [0.1, 0.15) is 55.6 Å². The lowest BCUT2D eigenvalue weighted by atomic mass is 10.0. The van der Waals surface area contributed by atoms with Crippen molar-refractivity contribution in [3.63, 3.8) is 0 Å². The average molecular weight is 490 g/mol. The minimum absolute atomic E-state index is 0.0242. The number of hydrogen-bond donors (Lipinski definition) is 1. The Morgan fingerprint density at radius 2 is 1.66 bits per heavy atom. The number of carbonyl (C=O) groups is 4. The maximum absolute atomic E-state index is 12.3. The molecule has 1 heterocycles. The van der Waals surface area contributed by atoms with Crippen LogP contribution in [0.4, 0.5) is 4.79 Å². The first-order chi connectivity index (χ1) is 14.9. The summed E-state index contributed by atoms with van der Waals surface area (Å²) in [5.74, 6) is -2.03. The van der Waals surface area contributed by atoms with Gasteiger partial charge in [0.05, 0.1) is 25.6 Å². The molecule has 1 amide bonds. The van der Waals surface area contributed by atoms with Gasteiger partial charge >= 0.3 is 24.0 Å². The van der Waals surface area contributed by atoms with Gasteiger partial charge < -0.3 is 24.3 Å². The molecule has 0 fully saturated rings. The van der Waals surface area contributed by atoms with Crippen molar-refractivity contribution in [3.05, 3.63) is 21.9 Å². The highest BCUT2D eigenvalue weighted by Crippen LogP contribution is 2.45. The third-order valence-electron chi connectivity index (χ3n) is 4.19. The standard InChI is InChI=1S/C21H31NO8S2/c1-8-21(12-22-19(26)30-20(3,4)5,32-15(17(24)27-6)18(25)28-7)14-11-10-13(31-14)16(23)29-9-2/h10-11,15H,8-9,12H2,1-7H3,(H,22,26). The van der Waals surface area contributed by atoms with Crippen molar-refractivity contribution in [1.29, 1.82) is 0 Å². The van der Waals surface area contributed by atoms with Gasteiger partial charge in [0.15, 0.2) is 0 Å². The minimum atomic E-state index is -1.29. The summed E-state index contributed by atoms with van der Waals surface area (Å²) in [5, 5.41) is 1.42. The molecular weight excluding hydrogens is 458 g/mol.